The van der Waals surface area contributed by atoms with Gasteiger partial charge in [0.2, 0.25) is 0 Å². The van der Waals surface area contributed by atoms with Crippen LogP contribution >= 0.6 is 0 Å². The molecule has 1 amide bonds. The summed E-state index contributed by atoms with van der Waals surface area (Å²) in [5.74, 6) is -0.153. The maximum atomic E-state index is 12.5. The molecule has 8 heteroatoms. The van der Waals surface area contributed by atoms with Crippen molar-refractivity contribution >= 4 is 11.9 Å². The quantitative estimate of drug-likeness (QED) is 0.209. The third-order valence-corrected chi connectivity index (χ3v) is 3.84. The number of nitrogens with zero attached hydrogens (tertiary/aromatic N) is 1. The highest BCUT2D eigenvalue weighted by molar-refractivity contribution is 5.87. The number of amidine groups is 1. The second kappa shape index (κ2) is 12.9. The van der Waals surface area contributed by atoms with E-state index in [1.807, 2.05) is 12.4 Å². The van der Waals surface area contributed by atoms with Gasteiger partial charge >= 0.3 is 6.09 Å². The van der Waals surface area contributed by atoms with Gasteiger partial charge in [-0.15, -0.1) is 0 Å². The van der Waals surface area contributed by atoms with E-state index in [2.05, 4.69) is 6.92 Å². The predicted octanol–water partition coefficient (Wildman–Crippen LogP) is 3.18. The number of hydrogen-bond donors (Lipinski definition) is 3. The van der Waals surface area contributed by atoms with Gasteiger partial charge in [-0.1, -0.05) is 13.3 Å². The Morgan fingerprint density at radius 3 is 2.38 bits per heavy atom. The molecule has 0 bridgehead atoms. The number of unbranched alkanes of at least 4 members (excludes halogenated alkanes) is 1. The second-order valence-corrected chi connectivity index (χ2v) is 7.17. The Morgan fingerprint density at radius 1 is 1.27 bits per heavy atom. The molecule has 0 aliphatic carbocycles. The van der Waals surface area contributed by atoms with Crippen LogP contribution in [0.3, 0.4) is 0 Å². The lowest BCUT2D eigenvalue weighted by Crippen LogP contribution is -2.50. The summed E-state index contributed by atoms with van der Waals surface area (Å²) in [5, 5.41) is 17.1. The molecule has 0 aliphatic heterocycles. The summed E-state index contributed by atoms with van der Waals surface area (Å²) in [6, 6.07) is -0.631. The smallest absolute Gasteiger partial charge is 0.410 e. The van der Waals surface area contributed by atoms with E-state index in [0.29, 0.717) is 32.6 Å². The van der Waals surface area contributed by atoms with Gasteiger partial charge in [0.15, 0.2) is 0 Å². The van der Waals surface area contributed by atoms with Crippen molar-refractivity contribution in [3.05, 3.63) is 0 Å². The van der Waals surface area contributed by atoms with Crippen molar-refractivity contribution in [2.45, 2.75) is 78.0 Å². The molecule has 0 spiro atoms. The van der Waals surface area contributed by atoms with Crippen LogP contribution in [0, 0.1) is 5.41 Å². The van der Waals surface area contributed by atoms with Gasteiger partial charge in [0, 0.05) is 20.3 Å². The maximum absolute atomic E-state index is 12.5. The third kappa shape index (κ3) is 9.94. The molecule has 2 atom stereocenters. The SMILES string of the molecule is CCCCOCC(CCC(C(=N)NO)N(CC)C(=O)OC(C)(C)C)OC. The number of carbonyl (C=O) groups excluding carboxylic acids is 1. The Morgan fingerprint density at radius 2 is 1.92 bits per heavy atom. The van der Waals surface area contributed by atoms with Crippen molar-refractivity contribution < 1.29 is 24.2 Å². The average Bonchev–Trinajstić information content (AvgIpc) is 2.57. The molecule has 3 N–H and O–H groups in total. The van der Waals surface area contributed by atoms with Crippen molar-refractivity contribution in [1.82, 2.24) is 10.4 Å². The number of ether oxygens (including phenoxy) is 3. The molecule has 0 saturated carbocycles. The molecule has 2 unspecified atom stereocenters. The molecule has 0 rings (SSSR count). The minimum absolute atomic E-state index is 0.141. The zero-order valence-corrected chi connectivity index (χ0v) is 17.1. The van der Waals surface area contributed by atoms with E-state index in [4.69, 9.17) is 19.6 Å². The van der Waals surface area contributed by atoms with Gasteiger partial charge in [-0.25, -0.2) is 4.79 Å². The van der Waals surface area contributed by atoms with E-state index >= 15 is 0 Å². The largest absolute Gasteiger partial charge is 0.444 e. The van der Waals surface area contributed by atoms with E-state index in [1.54, 1.807) is 27.9 Å². The standard InChI is InChI=1S/C18H37N3O5/c1-7-9-12-25-13-14(24-6)10-11-15(16(19)20-23)21(8-2)17(22)26-18(3,4)5/h14-15,23H,7-13H2,1-6H3,(H2,19,20). The number of amides is 1. The van der Waals surface area contributed by atoms with Crippen molar-refractivity contribution in [3.63, 3.8) is 0 Å². The molecular weight excluding hydrogens is 338 g/mol. The molecule has 0 saturated heterocycles. The highest BCUT2D eigenvalue weighted by Gasteiger charge is 2.30. The summed E-state index contributed by atoms with van der Waals surface area (Å²) < 4.78 is 16.4. The average molecular weight is 376 g/mol. The summed E-state index contributed by atoms with van der Waals surface area (Å²) in [6.45, 7) is 10.8. The Kier molecular flexibility index (Phi) is 12.2. The van der Waals surface area contributed by atoms with Crippen LogP contribution in [-0.4, -0.2) is 66.7 Å². The molecule has 0 aliphatic rings. The number of carbonyl (C=O) groups is 1. The number of nitrogens with one attached hydrogen (secondary N) is 2. The fourth-order valence-electron chi connectivity index (χ4n) is 2.40. The summed E-state index contributed by atoms with van der Waals surface area (Å²) in [5.41, 5.74) is 1.23. The summed E-state index contributed by atoms with van der Waals surface area (Å²) in [4.78, 5) is 13.9. The molecule has 0 aromatic rings. The van der Waals surface area contributed by atoms with Gasteiger partial charge in [0.25, 0.3) is 0 Å². The molecule has 0 aromatic carbocycles. The molecule has 0 aromatic heterocycles. The van der Waals surface area contributed by atoms with Gasteiger partial charge < -0.3 is 14.2 Å². The van der Waals surface area contributed by atoms with E-state index in [-0.39, 0.29) is 11.9 Å². The molecule has 0 radical (unpaired) electrons. The minimum Gasteiger partial charge on any atom is -0.444 e. The van der Waals surface area contributed by atoms with Crippen LogP contribution in [0.25, 0.3) is 0 Å². The third-order valence-electron chi connectivity index (χ3n) is 3.84. The first kappa shape index (κ1) is 24.6. The first-order valence-corrected chi connectivity index (χ1v) is 9.28. The second-order valence-electron chi connectivity index (χ2n) is 7.17. The Bertz CT molecular complexity index is 412. The van der Waals surface area contributed by atoms with Crippen LogP contribution in [0.1, 0.15) is 60.3 Å². The van der Waals surface area contributed by atoms with E-state index in [9.17, 15) is 10.0 Å². The summed E-state index contributed by atoms with van der Waals surface area (Å²) in [7, 11) is 1.62. The molecule has 154 valence electrons. The molecular formula is C18H37N3O5. The Hall–Kier alpha value is -1.38. The monoisotopic (exact) mass is 375 g/mol. The topological polar surface area (TPSA) is 104 Å². The van der Waals surface area contributed by atoms with Gasteiger partial charge in [-0.05, 0) is 47.0 Å². The van der Waals surface area contributed by atoms with Crippen molar-refractivity contribution in [1.29, 1.82) is 5.41 Å². The van der Waals surface area contributed by atoms with Crippen LogP contribution in [0.4, 0.5) is 4.79 Å². The molecule has 26 heavy (non-hydrogen) atoms. The van der Waals surface area contributed by atoms with E-state index in [0.717, 1.165) is 12.8 Å². The van der Waals surface area contributed by atoms with Gasteiger partial charge in [0.1, 0.15) is 11.4 Å². The van der Waals surface area contributed by atoms with Crippen molar-refractivity contribution in [2.75, 3.05) is 26.9 Å². The van der Waals surface area contributed by atoms with Crippen molar-refractivity contribution in [3.8, 4) is 0 Å². The first-order valence-electron chi connectivity index (χ1n) is 9.28. The molecule has 0 heterocycles. The predicted molar refractivity (Wildman–Crippen MR) is 101 cm³/mol. The van der Waals surface area contributed by atoms with Crippen LogP contribution < -0.4 is 5.48 Å². The molecule has 0 fully saturated rings. The fraction of sp³-hybridized carbons (Fsp3) is 0.889. The van der Waals surface area contributed by atoms with Gasteiger partial charge in [-0.2, -0.15) is 0 Å². The van der Waals surface area contributed by atoms with Crippen molar-refractivity contribution in [2.24, 2.45) is 0 Å². The zero-order valence-electron chi connectivity index (χ0n) is 17.1. The lowest BCUT2D eigenvalue weighted by molar-refractivity contribution is -0.00278. The summed E-state index contributed by atoms with van der Waals surface area (Å²) >= 11 is 0. The normalized spacial score (nSPS) is 13.8. The number of methoxy groups -OCH3 is 1. The van der Waals surface area contributed by atoms with E-state index < -0.39 is 17.7 Å². The molecule has 8 nitrogen and oxygen atoms in total. The van der Waals surface area contributed by atoms with Crippen LogP contribution in [0.15, 0.2) is 0 Å². The van der Waals surface area contributed by atoms with Crippen LogP contribution in [0.5, 0.6) is 0 Å². The lowest BCUT2D eigenvalue weighted by atomic mass is 10.1. The number of hydroxylamine groups is 1. The van der Waals surface area contributed by atoms with Gasteiger partial charge in [-0.3, -0.25) is 21.0 Å². The van der Waals surface area contributed by atoms with E-state index in [1.165, 1.54) is 4.90 Å². The highest BCUT2D eigenvalue weighted by Crippen LogP contribution is 2.16. The number of rotatable bonds is 12. The lowest BCUT2D eigenvalue weighted by Gasteiger charge is -2.33. The number of hydrogen-bond acceptors (Lipinski definition) is 6. The van der Waals surface area contributed by atoms with Crippen LogP contribution in [-0.2, 0) is 14.2 Å². The summed E-state index contributed by atoms with van der Waals surface area (Å²) in [6.07, 6.45) is 2.43. The first-order chi connectivity index (χ1) is 12.2. The Balaban J connectivity index is 4.89. The fourth-order valence-corrected chi connectivity index (χ4v) is 2.40. The van der Waals surface area contributed by atoms with Gasteiger partial charge in [0.05, 0.1) is 18.8 Å². The highest BCUT2D eigenvalue weighted by atomic mass is 16.6. The van der Waals surface area contributed by atoms with Crippen LogP contribution in [0.2, 0.25) is 0 Å². The zero-order chi connectivity index (χ0) is 20.2. The Labute approximate surface area is 157 Å². The minimum atomic E-state index is -0.633. The maximum Gasteiger partial charge on any atom is 0.410 e. The number of likely N-dealkylation sites (N-methyl/N-ethyl adjacent to an activating group) is 1.